The molecule has 1 N–H and O–H groups in total. The summed E-state index contributed by atoms with van der Waals surface area (Å²) < 4.78 is 0. The number of hydrogen-bond donors (Lipinski definition) is 1. The Bertz CT molecular complexity index is 484. The topological polar surface area (TPSA) is 57.6 Å². The van der Waals surface area contributed by atoms with E-state index in [1.54, 1.807) is 0 Å². The average Bonchev–Trinajstić information content (AvgIpc) is 2.37. The number of rotatable bonds is 4. The zero-order valence-corrected chi connectivity index (χ0v) is 11.1. The number of nitrogens with zero attached hydrogens (tertiary/aromatic N) is 1. The molecule has 1 atom stereocenters. The highest BCUT2D eigenvalue weighted by atomic mass is 16.4. The van der Waals surface area contributed by atoms with Crippen LogP contribution in [0.15, 0.2) is 24.3 Å². The molecule has 4 heteroatoms. The van der Waals surface area contributed by atoms with Gasteiger partial charge in [-0.1, -0.05) is 31.2 Å². The monoisotopic (exact) mass is 261 g/mol. The molecule has 0 bridgehead atoms. The maximum Gasteiger partial charge on any atom is 0.303 e. The Kier molecular flexibility index (Phi) is 4.20. The van der Waals surface area contributed by atoms with Crippen LogP contribution in [0.2, 0.25) is 0 Å². The summed E-state index contributed by atoms with van der Waals surface area (Å²) in [7, 11) is 0. The van der Waals surface area contributed by atoms with Crippen molar-refractivity contribution in [3.05, 3.63) is 35.4 Å². The van der Waals surface area contributed by atoms with Gasteiger partial charge >= 0.3 is 5.97 Å². The van der Waals surface area contributed by atoms with Crippen molar-refractivity contribution >= 4 is 11.9 Å². The minimum Gasteiger partial charge on any atom is -0.481 e. The predicted octanol–water partition coefficient (Wildman–Crippen LogP) is 2.07. The molecule has 0 aromatic heterocycles. The smallest absolute Gasteiger partial charge is 0.303 e. The second-order valence-electron chi connectivity index (χ2n) is 5.24. The van der Waals surface area contributed by atoms with Crippen molar-refractivity contribution in [2.75, 3.05) is 6.54 Å². The van der Waals surface area contributed by atoms with Crippen LogP contribution < -0.4 is 0 Å². The van der Waals surface area contributed by atoms with E-state index in [1.165, 1.54) is 11.1 Å². The van der Waals surface area contributed by atoms with Crippen molar-refractivity contribution < 1.29 is 14.7 Å². The maximum absolute atomic E-state index is 12.1. The number of carboxylic acid groups (broad SMARTS) is 1. The van der Waals surface area contributed by atoms with Gasteiger partial charge in [0.1, 0.15) is 0 Å². The summed E-state index contributed by atoms with van der Waals surface area (Å²) in [6, 6.07) is 8.16. The van der Waals surface area contributed by atoms with Crippen molar-refractivity contribution in [2.45, 2.75) is 32.7 Å². The van der Waals surface area contributed by atoms with Gasteiger partial charge in [-0.25, -0.2) is 0 Å². The van der Waals surface area contributed by atoms with E-state index < -0.39 is 5.97 Å². The van der Waals surface area contributed by atoms with Gasteiger partial charge in [-0.05, 0) is 23.5 Å². The van der Waals surface area contributed by atoms with E-state index >= 15 is 0 Å². The SMILES string of the molecule is C[C@H](CC(=O)O)CC(=O)N1CCc2ccccc2C1. The van der Waals surface area contributed by atoms with Crippen molar-refractivity contribution in [1.82, 2.24) is 4.90 Å². The van der Waals surface area contributed by atoms with E-state index in [4.69, 9.17) is 5.11 Å². The molecule has 1 aliphatic heterocycles. The van der Waals surface area contributed by atoms with E-state index in [0.29, 0.717) is 13.0 Å². The summed E-state index contributed by atoms with van der Waals surface area (Å²) in [6.07, 6.45) is 1.25. The highest BCUT2D eigenvalue weighted by Crippen LogP contribution is 2.20. The Labute approximate surface area is 113 Å². The number of carbonyl (C=O) groups excluding carboxylic acids is 1. The molecule has 1 aromatic rings. The van der Waals surface area contributed by atoms with Gasteiger partial charge in [-0.15, -0.1) is 0 Å². The normalized spacial score (nSPS) is 15.7. The second kappa shape index (κ2) is 5.87. The lowest BCUT2D eigenvalue weighted by atomic mass is 9.98. The molecule has 2 rings (SSSR count). The van der Waals surface area contributed by atoms with Gasteiger partial charge in [0.25, 0.3) is 0 Å². The summed E-state index contributed by atoms with van der Waals surface area (Å²) in [5.74, 6) is -0.894. The van der Waals surface area contributed by atoms with Crippen LogP contribution in [0.5, 0.6) is 0 Å². The number of carboxylic acids is 1. The van der Waals surface area contributed by atoms with E-state index in [0.717, 1.165) is 13.0 Å². The molecule has 0 fully saturated rings. The van der Waals surface area contributed by atoms with Crippen LogP contribution >= 0.6 is 0 Å². The molecular formula is C15H19NO3. The largest absolute Gasteiger partial charge is 0.481 e. The second-order valence-corrected chi connectivity index (χ2v) is 5.24. The number of hydrogen-bond acceptors (Lipinski definition) is 2. The fourth-order valence-corrected chi connectivity index (χ4v) is 2.51. The fourth-order valence-electron chi connectivity index (χ4n) is 2.51. The zero-order valence-electron chi connectivity index (χ0n) is 11.1. The molecule has 0 radical (unpaired) electrons. The molecule has 0 unspecified atom stereocenters. The first kappa shape index (κ1) is 13.6. The Morgan fingerprint density at radius 3 is 2.63 bits per heavy atom. The Balaban J connectivity index is 1.93. The van der Waals surface area contributed by atoms with Gasteiger partial charge in [-0.2, -0.15) is 0 Å². The Morgan fingerprint density at radius 1 is 1.26 bits per heavy atom. The lowest BCUT2D eigenvalue weighted by molar-refractivity contribution is -0.138. The van der Waals surface area contributed by atoms with Crippen LogP contribution in [-0.4, -0.2) is 28.4 Å². The maximum atomic E-state index is 12.1. The van der Waals surface area contributed by atoms with Crippen LogP contribution in [0.1, 0.15) is 30.9 Å². The number of benzene rings is 1. The number of fused-ring (bicyclic) bond motifs is 1. The molecule has 0 saturated heterocycles. The third-order valence-electron chi connectivity index (χ3n) is 3.53. The molecule has 102 valence electrons. The highest BCUT2D eigenvalue weighted by Gasteiger charge is 2.22. The molecular weight excluding hydrogens is 242 g/mol. The summed E-state index contributed by atoms with van der Waals surface area (Å²) in [6.45, 7) is 3.19. The van der Waals surface area contributed by atoms with E-state index in [1.807, 2.05) is 24.0 Å². The quantitative estimate of drug-likeness (QED) is 0.902. The van der Waals surface area contributed by atoms with Crippen molar-refractivity contribution in [2.24, 2.45) is 5.92 Å². The number of carbonyl (C=O) groups is 2. The fraction of sp³-hybridized carbons (Fsp3) is 0.467. The van der Waals surface area contributed by atoms with E-state index in [2.05, 4.69) is 12.1 Å². The Morgan fingerprint density at radius 2 is 1.95 bits per heavy atom. The molecule has 0 aliphatic carbocycles. The van der Waals surface area contributed by atoms with Crippen LogP contribution in [0, 0.1) is 5.92 Å². The van der Waals surface area contributed by atoms with Crippen molar-refractivity contribution in [3.63, 3.8) is 0 Å². The molecule has 19 heavy (non-hydrogen) atoms. The van der Waals surface area contributed by atoms with Crippen LogP contribution in [0.25, 0.3) is 0 Å². The molecule has 4 nitrogen and oxygen atoms in total. The lowest BCUT2D eigenvalue weighted by Gasteiger charge is -2.29. The Hall–Kier alpha value is -1.84. The molecule has 1 heterocycles. The minimum atomic E-state index is -0.843. The summed E-state index contributed by atoms with van der Waals surface area (Å²) in [5.41, 5.74) is 2.51. The van der Waals surface area contributed by atoms with Gasteiger partial charge in [0.2, 0.25) is 5.91 Å². The standard InChI is InChI=1S/C15H19NO3/c1-11(9-15(18)19)8-14(17)16-7-6-12-4-2-3-5-13(12)10-16/h2-5,11H,6-10H2,1H3,(H,18,19)/t11-/m0/s1. The molecule has 1 amide bonds. The molecule has 0 saturated carbocycles. The molecule has 1 aliphatic rings. The molecule has 0 spiro atoms. The van der Waals surface area contributed by atoms with Crippen LogP contribution in [0.4, 0.5) is 0 Å². The van der Waals surface area contributed by atoms with Gasteiger partial charge in [-0.3, -0.25) is 9.59 Å². The minimum absolute atomic E-state index is 0.0518. The van der Waals surface area contributed by atoms with Gasteiger partial charge < -0.3 is 10.0 Å². The van der Waals surface area contributed by atoms with Crippen molar-refractivity contribution in [1.29, 1.82) is 0 Å². The first-order chi connectivity index (χ1) is 9.06. The first-order valence-corrected chi connectivity index (χ1v) is 6.62. The van der Waals surface area contributed by atoms with Gasteiger partial charge in [0.15, 0.2) is 0 Å². The molecule has 1 aromatic carbocycles. The van der Waals surface area contributed by atoms with E-state index in [-0.39, 0.29) is 18.2 Å². The van der Waals surface area contributed by atoms with Gasteiger partial charge in [0, 0.05) is 25.9 Å². The predicted molar refractivity (Wildman–Crippen MR) is 71.6 cm³/mol. The lowest BCUT2D eigenvalue weighted by Crippen LogP contribution is -2.36. The number of aliphatic carboxylic acids is 1. The van der Waals surface area contributed by atoms with Crippen molar-refractivity contribution in [3.8, 4) is 0 Å². The average molecular weight is 261 g/mol. The first-order valence-electron chi connectivity index (χ1n) is 6.62. The summed E-state index contributed by atoms with van der Waals surface area (Å²) in [5, 5.41) is 8.71. The third-order valence-corrected chi connectivity index (χ3v) is 3.53. The van der Waals surface area contributed by atoms with Crippen LogP contribution in [-0.2, 0) is 22.6 Å². The summed E-state index contributed by atoms with van der Waals surface area (Å²) >= 11 is 0. The zero-order chi connectivity index (χ0) is 13.8. The summed E-state index contributed by atoms with van der Waals surface area (Å²) in [4.78, 5) is 24.6. The number of amides is 1. The third kappa shape index (κ3) is 3.56. The van der Waals surface area contributed by atoms with E-state index in [9.17, 15) is 9.59 Å². The highest BCUT2D eigenvalue weighted by molar-refractivity contribution is 5.77. The van der Waals surface area contributed by atoms with Gasteiger partial charge in [0.05, 0.1) is 0 Å². The van der Waals surface area contributed by atoms with Crippen LogP contribution in [0.3, 0.4) is 0 Å².